The average molecular weight is 469 g/mol. The van der Waals surface area contributed by atoms with E-state index in [1.54, 1.807) is 0 Å². The van der Waals surface area contributed by atoms with E-state index < -0.39 is 0 Å². The number of aliphatic imine (C=N–C) groups is 1. The fourth-order valence-electron chi connectivity index (χ4n) is 2.17. The van der Waals surface area contributed by atoms with Crippen molar-refractivity contribution in [3.63, 3.8) is 0 Å². The summed E-state index contributed by atoms with van der Waals surface area (Å²) in [6.45, 7) is 4.21. The molecular formula is C19H22ClIN4. The highest BCUT2D eigenvalue weighted by molar-refractivity contribution is 14.0. The van der Waals surface area contributed by atoms with Gasteiger partial charge in [-0.15, -0.1) is 24.0 Å². The molecular weight excluding hydrogens is 447 g/mol. The monoisotopic (exact) mass is 468 g/mol. The average Bonchev–Trinajstić information content (AvgIpc) is 2.62. The minimum absolute atomic E-state index is 0. The fraction of sp³-hybridized carbons (Fsp3) is 0.263. The number of nitrogens with zero attached hydrogens (tertiary/aromatic N) is 2. The number of nitriles is 1. The molecule has 0 amide bonds. The van der Waals surface area contributed by atoms with Crippen LogP contribution in [0.4, 0.5) is 0 Å². The van der Waals surface area contributed by atoms with E-state index in [1.807, 2.05) is 55.5 Å². The van der Waals surface area contributed by atoms with Crippen molar-refractivity contribution in [2.75, 3.05) is 13.1 Å². The lowest BCUT2D eigenvalue weighted by Gasteiger charge is -2.11. The highest BCUT2D eigenvalue weighted by atomic mass is 127. The van der Waals surface area contributed by atoms with Crippen LogP contribution in [0.2, 0.25) is 5.02 Å². The number of benzene rings is 2. The van der Waals surface area contributed by atoms with Crippen LogP contribution in [0.3, 0.4) is 0 Å². The SMILES string of the molecule is CCNC(=NCc1ccc(C#N)cc1)NCCc1ccc(Cl)cc1.I. The summed E-state index contributed by atoms with van der Waals surface area (Å²) in [5.74, 6) is 0.788. The normalized spacial score (nSPS) is 10.5. The molecule has 0 spiro atoms. The van der Waals surface area contributed by atoms with Gasteiger partial charge in [0.15, 0.2) is 5.96 Å². The molecule has 0 fully saturated rings. The summed E-state index contributed by atoms with van der Waals surface area (Å²) in [6, 6.07) is 17.5. The number of hydrogen-bond donors (Lipinski definition) is 2. The molecule has 0 aliphatic carbocycles. The first-order chi connectivity index (χ1) is 11.7. The van der Waals surface area contributed by atoms with E-state index in [0.717, 1.165) is 36.1 Å². The second-order valence-corrected chi connectivity index (χ2v) is 5.74. The molecule has 2 aromatic carbocycles. The second kappa shape index (κ2) is 11.7. The lowest BCUT2D eigenvalue weighted by molar-refractivity contribution is 0.799. The van der Waals surface area contributed by atoms with Crippen LogP contribution < -0.4 is 10.6 Å². The van der Waals surface area contributed by atoms with Gasteiger partial charge < -0.3 is 10.6 Å². The zero-order chi connectivity index (χ0) is 17.2. The lowest BCUT2D eigenvalue weighted by Crippen LogP contribution is -2.38. The van der Waals surface area contributed by atoms with Gasteiger partial charge in [-0.3, -0.25) is 0 Å². The summed E-state index contributed by atoms with van der Waals surface area (Å²) in [5, 5.41) is 16.1. The summed E-state index contributed by atoms with van der Waals surface area (Å²) in [6.07, 6.45) is 0.901. The number of guanidine groups is 1. The van der Waals surface area contributed by atoms with Crippen LogP contribution in [0.15, 0.2) is 53.5 Å². The second-order valence-electron chi connectivity index (χ2n) is 5.31. The first-order valence-electron chi connectivity index (χ1n) is 7.97. The fourth-order valence-corrected chi connectivity index (χ4v) is 2.30. The van der Waals surface area contributed by atoms with Gasteiger partial charge >= 0.3 is 0 Å². The Morgan fingerprint density at radius 1 is 1.04 bits per heavy atom. The molecule has 25 heavy (non-hydrogen) atoms. The van der Waals surface area contributed by atoms with Gasteiger partial charge in [-0.2, -0.15) is 5.26 Å². The molecule has 0 atom stereocenters. The summed E-state index contributed by atoms with van der Waals surface area (Å²) in [4.78, 5) is 4.57. The molecule has 0 heterocycles. The zero-order valence-electron chi connectivity index (χ0n) is 14.1. The largest absolute Gasteiger partial charge is 0.357 e. The van der Waals surface area contributed by atoms with Crippen molar-refractivity contribution in [1.29, 1.82) is 5.26 Å². The molecule has 6 heteroatoms. The predicted molar refractivity (Wildman–Crippen MR) is 115 cm³/mol. The van der Waals surface area contributed by atoms with Crippen LogP contribution in [0.1, 0.15) is 23.6 Å². The molecule has 2 aromatic rings. The smallest absolute Gasteiger partial charge is 0.191 e. The zero-order valence-corrected chi connectivity index (χ0v) is 17.2. The Kier molecular flexibility index (Phi) is 9.97. The molecule has 0 saturated carbocycles. The number of hydrogen-bond acceptors (Lipinski definition) is 2. The van der Waals surface area contributed by atoms with Crippen molar-refractivity contribution in [3.8, 4) is 6.07 Å². The van der Waals surface area contributed by atoms with Gasteiger partial charge in [0.1, 0.15) is 0 Å². The number of rotatable bonds is 6. The van der Waals surface area contributed by atoms with Gasteiger partial charge in [0.05, 0.1) is 18.2 Å². The maximum atomic E-state index is 8.82. The first kappa shape index (κ1) is 21.3. The van der Waals surface area contributed by atoms with E-state index in [-0.39, 0.29) is 24.0 Å². The standard InChI is InChI=1S/C19H21ClN4.HI/c1-2-22-19(23-12-11-15-7-9-18(20)10-8-15)24-14-17-5-3-16(13-21)4-6-17;/h3-10H,2,11-12,14H2,1H3,(H2,22,23,24);1H. The molecule has 2 rings (SSSR count). The van der Waals surface area contributed by atoms with Crippen LogP contribution in [0, 0.1) is 11.3 Å². The summed E-state index contributed by atoms with van der Waals surface area (Å²) >= 11 is 5.89. The molecule has 132 valence electrons. The maximum Gasteiger partial charge on any atom is 0.191 e. The Balaban J connectivity index is 0.00000312. The van der Waals surface area contributed by atoms with Crippen LogP contribution in [-0.2, 0) is 13.0 Å². The highest BCUT2D eigenvalue weighted by Crippen LogP contribution is 2.09. The molecule has 0 bridgehead atoms. The third kappa shape index (κ3) is 7.76. The maximum absolute atomic E-state index is 8.82. The van der Waals surface area contributed by atoms with Crippen LogP contribution in [-0.4, -0.2) is 19.0 Å². The molecule has 0 aliphatic rings. The Morgan fingerprint density at radius 2 is 1.68 bits per heavy atom. The molecule has 2 N–H and O–H groups in total. The Bertz CT molecular complexity index is 706. The van der Waals surface area contributed by atoms with Gasteiger partial charge in [0.25, 0.3) is 0 Å². The number of halogens is 2. The Hall–Kier alpha value is -1.78. The van der Waals surface area contributed by atoms with E-state index in [1.165, 1.54) is 5.56 Å². The lowest BCUT2D eigenvalue weighted by atomic mass is 10.1. The molecule has 0 aliphatic heterocycles. The summed E-state index contributed by atoms with van der Waals surface area (Å²) in [5.41, 5.74) is 2.97. The van der Waals surface area contributed by atoms with E-state index in [2.05, 4.69) is 21.7 Å². The highest BCUT2D eigenvalue weighted by Gasteiger charge is 1.99. The van der Waals surface area contributed by atoms with E-state index in [9.17, 15) is 0 Å². The molecule has 4 nitrogen and oxygen atoms in total. The summed E-state index contributed by atoms with van der Waals surface area (Å²) < 4.78 is 0. The quantitative estimate of drug-likeness (QED) is 0.381. The Morgan fingerprint density at radius 3 is 2.28 bits per heavy atom. The Labute approximate surface area is 171 Å². The van der Waals surface area contributed by atoms with Gasteiger partial charge in [-0.1, -0.05) is 35.9 Å². The molecule has 0 radical (unpaired) electrons. The van der Waals surface area contributed by atoms with Crippen molar-refractivity contribution in [2.24, 2.45) is 4.99 Å². The minimum atomic E-state index is 0. The topological polar surface area (TPSA) is 60.2 Å². The van der Waals surface area contributed by atoms with E-state index in [0.29, 0.717) is 12.1 Å². The van der Waals surface area contributed by atoms with Crippen molar-refractivity contribution < 1.29 is 0 Å². The van der Waals surface area contributed by atoms with Crippen molar-refractivity contribution in [3.05, 3.63) is 70.2 Å². The van der Waals surface area contributed by atoms with Gasteiger partial charge in [-0.25, -0.2) is 4.99 Å². The van der Waals surface area contributed by atoms with Crippen LogP contribution in [0.5, 0.6) is 0 Å². The predicted octanol–water partition coefficient (Wildman–Crippen LogP) is 4.13. The molecule has 0 unspecified atom stereocenters. The van der Waals surface area contributed by atoms with Crippen LogP contribution >= 0.6 is 35.6 Å². The minimum Gasteiger partial charge on any atom is -0.357 e. The molecule has 0 aromatic heterocycles. The van der Waals surface area contributed by atoms with Gasteiger partial charge in [0.2, 0.25) is 0 Å². The first-order valence-corrected chi connectivity index (χ1v) is 8.34. The van der Waals surface area contributed by atoms with E-state index in [4.69, 9.17) is 16.9 Å². The third-order valence-corrected chi connectivity index (χ3v) is 3.72. The number of nitrogens with one attached hydrogen (secondary N) is 2. The van der Waals surface area contributed by atoms with E-state index >= 15 is 0 Å². The van der Waals surface area contributed by atoms with Crippen molar-refractivity contribution >= 4 is 41.5 Å². The van der Waals surface area contributed by atoms with Crippen LogP contribution in [0.25, 0.3) is 0 Å². The van der Waals surface area contributed by atoms with Gasteiger partial charge in [-0.05, 0) is 48.7 Å². The third-order valence-electron chi connectivity index (χ3n) is 3.47. The van der Waals surface area contributed by atoms with Crippen molar-refractivity contribution in [1.82, 2.24) is 10.6 Å². The van der Waals surface area contributed by atoms with Crippen molar-refractivity contribution in [2.45, 2.75) is 19.9 Å². The van der Waals surface area contributed by atoms with Gasteiger partial charge in [0, 0.05) is 18.1 Å². The molecule has 0 saturated heterocycles. The summed E-state index contributed by atoms with van der Waals surface area (Å²) in [7, 11) is 0.